The second kappa shape index (κ2) is 6.70. The third kappa shape index (κ3) is 4.30. The highest BCUT2D eigenvalue weighted by Gasteiger charge is 2.37. The molecule has 0 unspecified atom stereocenters. The normalized spacial score (nSPS) is 27.2. The Morgan fingerprint density at radius 1 is 1.30 bits per heavy atom. The van der Waals surface area contributed by atoms with E-state index >= 15 is 0 Å². The van der Waals surface area contributed by atoms with Crippen LogP contribution in [0.3, 0.4) is 0 Å². The first-order valence-electron chi connectivity index (χ1n) is 7.41. The van der Waals surface area contributed by atoms with Crippen molar-refractivity contribution < 1.29 is 14.2 Å². The first-order chi connectivity index (χ1) is 9.48. The molecule has 1 fully saturated rings. The minimum Gasteiger partial charge on any atom is -0.376 e. The zero-order chi connectivity index (χ0) is 14.6. The molecule has 0 N–H and O–H groups in total. The summed E-state index contributed by atoms with van der Waals surface area (Å²) in [6.07, 6.45) is 0.189. The first kappa shape index (κ1) is 15.5. The van der Waals surface area contributed by atoms with E-state index in [1.807, 2.05) is 32.0 Å². The van der Waals surface area contributed by atoms with E-state index in [2.05, 4.69) is 26.0 Å². The van der Waals surface area contributed by atoms with Gasteiger partial charge in [-0.15, -0.1) is 0 Å². The zero-order valence-electron chi connectivity index (χ0n) is 13.0. The summed E-state index contributed by atoms with van der Waals surface area (Å²) in [6.45, 7) is 10.4. The molecule has 20 heavy (non-hydrogen) atoms. The predicted octanol–water partition coefficient (Wildman–Crippen LogP) is 3.63. The van der Waals surface area contributed by atoms with E-state index in [-0.39, 0.29) is 6.10 Å². The van der Waals surface area contributed by atoms with Crippen molar-refractivity contribution in [3.63, 3.8) is 0 Å². The van der Waals surface area contributed by atoms with Crippen molar-refractivity contribution in [2.24, 2.45) is 11.8 Å². The van der Waals surface area contributed by atoms with Crippen LogP contribution in [0.25, 0.3) is 0 Å². The van der Waals surface area contributed by atoms with Gasteiger partial charge in [-0.25, -0.2) is 0 Å². The molecule has 112 valence electrons. The van der Waals surface area contributed by atoms with Crippen LogP contribution >= 0.6 is 0 Å². The summed E-state index contributed by atoms with van der Waals surface area (Å²) in [5, 5.41) is 0. The standard InChI is InChI=1S/C17H26O3/c1-13(10-18-12-15-8-6-5-7-9-15)16-14(2)11-19-17(3,4)20-16/h5-9,13-14,16H,10-12H2,1-4H3/t13-,14+,16+/m0/s1. The molecule has 1 aliphatic rings. The van der Waals surface area contributed by atoms with Crippen molar-refractivity contribution in [1.82, 2.24) is 0 Å². The maximum atomic E-state index is 6.05. The van der Waals surface area contributed by atoms with Gasteiger partial charge in [0, 0.05) is 11.8 Å². The lowest BCUT2D eigenvalue weighted by atomic mass is 9.93. The highest BCUT2D eigenvalue weighted by atomic mass is 16.7. The van der Waals surface area contributed by atoms with Gasteiger partial charge in [0.1, 0.15) is 0 Å². The van der Waals surface area contributed by atoms with Gasteiger partial charge in [-0.3, -0.25) is 0 Å². The molecule has 1 saturated heterocycles. The minimum atomic E-state index is -0.481. The maximum absolute atomic E-state index is 6.05. The molecule has 0 saturated carbocycles. The molecule has 0 radical (unpaired) electrons. The van der Waals surface area contributed by atoms with Crippen LogP contribution in [0.1, 0.15) is 33.3 Å². The Labute approximate surface area is 122 Å². The summed E-state index contributed by atoms with van der Waals surface area (Å²) in [6, 6.07) is 10.3. The van der Waals surface area contributed by atoms with E-state index in [0.29, 0.717) is 25.0 Å². The summed E-state index contributed by atoms with van der Waals surface area (Å²) < 4.78 is 17.5. The number of hydrogen-bond donors (Lipinski definition) is 0. The zero-order valence-corrected chi connectivity index (χ0v) is 13.0. The van der Waals surface area contributed by atoms with Gasteiger partial charge in [0.05, 0.1) is 25.9 Å². The van der Waals surface area contributed by atoms with E-state index in [1.54, 1.807) is 0 Å². The lowest BCUT2D eigenvalue weighted by Gasteiger charge is -2.42. The van der Waals surface area contributed by atoms with Crippen LogP contribution < -0.4 is 0 Å². The average molecular weight is 278 g/mol. The Kier molecular flexibility index (Phi) is 5.19. The van der Waals surface area contributed by atoms with Gasteiger partial charge in [-0.05, 0) is 19.4 Å². The summed E-state index contributed by atoms with van der Waals surface area (Å²) in [7, 11) is 0. The monoisotopic (exact) mass is 278 g/mol. The molecular formula is C17H26O3. The van der Waals surface area contributed by atoms with Crippen molar-refractivity contribution >= 4 is 0 Å². The smallest absolute Gasteiger partial charge is 0.163 e. The molecule has 0 spiro atoms. The van der Waals surface area contributed by atoms with Crippen LogP contribution in [0.4, 0.5) is 0 Å². The molecule has 0 aliphatic carbocycles. The van der Waals surface area contributed by atoms with Gasteiger partial charge in [0.15, 0.2) is 5.79 Å². The quantitative estimate of drug-likeness (QED) is 0.823. The van der Waals surface area contributed by atoms with Crippen LogP contribution in [0.5, 0.6) is 0 Å². The summed E-state index contributed by atoms with van der Waals surface area (Å²) in [5.74, 6) is 0.278. The van der Waals surface area contributed by atoms with Crippen molar-refractivity contribution in [2.45, 2.75) is 46.2 Å². The van der Waals surface area contributed by atoms with E-state index in [4.69, 9.17) is 14.2 Å². The molecule has 1 aromatic carbocycles. The highest BCUT2D eigenvalue weighted by molar-refractivity contribution is 5.13. The number of benzene rings is 1. The van der Waals surface area contributed by atoms with Crippen molar-refractivity contribution in [2.75, 3.05) is 13.2 Å². The Hall–Kier alpha value is -0.900. The van der Waals surface area contributed by atoms with Crippen LogP contribution in [0.15, 0.2) is 30.3 Å². The van der Waals surface area contributed by atoms with Crippen LogP contribution in [-0.2, 0) is 20.8 Å². The third-order valence-corrected chi connectivity index (χ3v) is 3.73. The molecule has 3 nitrogen and oxygen atoms in total. The van der Waals surface area contributed by atoms with Crippen LogP contribution in [0, 0.1) is 11.8 Å². The number of ether oxygens (including phenoxy) is 3. The Bertz CT molecular complexity index is 402. The van der Waals surface area contributed by atoms with Crippen molar-refractivity contribution in [1.29, 1.82) is 0 Å². The fraction of sp³-hybridized carbons (Fsp3) is 0.647. The van der Waals surface area contributed by atoms with Gasteiger partial charge < -0.3 is 14.2 Å². The molecule has 0 bridgehead atoms. The Morgan fingerprint density at radius 3 is 2.70 bits per heavy atom. The third-order valence-electron chi connectivity index (χ3n) is 3.73. The predicted molar refractivity (Wildman–Crippen MR) is 79.3 cm³/mol. The molecule has 1 heterocycles. The van der Waals surface area contributed by atoms with E-state index in [9.17, 15) is 0 Å². The summed E-state index contributed by atoms with van der Waals surface area (Å²) >= 11 is 0. The van der Waals surface area contributed by atoms with Gasteiger partial charge in [0.25, 0.3) is 0 Å². The fourth-order valence-corrected chi connectivity index (χ4v) is 2.61. The SMILES string of the molecule is C[C@@H]1COC(C)(C)O[C@@H]1[C@@H](C)COCc1ccccc1. The second-order valence-corrected chi connectivity index (χ2v) is 6.25. The maximum Gasteiger partial charge on any atom is 0.163 e. The Balaban J connectivity index is 1.80. The van der Waals surface area contributed by atoms with Gasteiger partial charge in [0.2, 0.25) is 0 Å². The average Bonchev–Trinajstić information content (AvgIpc) is 2.42. The lowest BCUT2D eigenvalue weighted by molar-refractivity contribution is -0.301. The number of hydrogen-bond acceptors (Lipinski definition) is 3. The largest absolute Gasteiger partial charge is 0.376 e. The summed E-state index contributed by atoms with van der Waals surface area (Å²) in [4.78, 5) is 0. The molecule has 0 amide bonds. The van der Waals surface area contributed by atoms with Gasteiger partial charge >= 0.3 is 0 Å². The van der Waals surface area contributed by atoms with Crippen LogP contribution in [-0.4, -0.2) is 25.1 Å². The lowest BCUT2D eigenvalue weighted by Crippen LogP contribution is -2.48. The van der Waals surface area contributed by atoms with Gasteiger partial charge in [-0.2, -0.15) is 0 Å². The highest BCUT2D eigenvalue weighted by Crippen LogP contribution is 2.30. The molecular weight excluding hydrogens is 252 g/mol. The van der Waals surface area contributed by atoms with Crippen molar-refractivity contribution in [3.8, 4) is 0 Å². The fourth-order valence-electron chi connectivity index (χ4n) is 2.61. The molecule has 0 aromatic heterocycles. The van der Waals surface area contributed by atoms with E-state index in [0.717, 1.165) is 6.61 Å². The molecule has 2 rings (SSSR count). The van der Waals surface area contributed by atoms with E-state index < -0.39 is 5.79 Å². The minimum absolute atomic E-state index is 0.189. The molecule has 1 aliphatic heterocycles. The first-order valence-corrected chi connectivity index (χ1v) is 7.41. The van der Waals surface area contributed by atoms with Crippen LogP contribution in [0.2, 0.25) is 0 Å². The molecule has 1 aromatic rings. The molecule has 3 atom stereocenters. The Morgan fingerprint density at radius 2 is 2.00 bits per heavy atom. The summed E-state index contributed by atoms with van der Waals surface area (Å²) in [5.41, 5.74) is 1.21. The van der Waals surface area contributed by atoms with Crippen molar-refractivity contribution in [3.05, 3.63) is 35.9 Å². The molecule has 3 heteroatoms. The van der Waals surface area contributed by atoms with E-state index in [1.165, 1.54) is 5.56 Å². The topological polar surface area (TPSA) is 27.7 Å². The second-order valence-electron chi connectivity index (χ2n) is 6.25. The number of rotatable bonds is 5. The van der Waals surface area contributed by atoms with Gasteiger partial charge in [-0.1, -0.05) is 44.2 Å².